The summed E-state index contributed by atoms with van der Waals surface area (Å²) in [6.45, 7) is 14.3. The van der Waals surface area contributed by atoms with Gasteiger partial charge in [0.15, 0.2) is 5.78 Å². The summed E-state index contributed by atoms with van der Waals surface area (Å²) in [5.41, 5.74) is 0.411. The summed E-state index contributed by atoms with van der Waals surface area (Å²) in [5, 5.41) is 20.7. The SMILES string of the molecule is CO[C@H](CC(=O)N1CCC[C@H]1[C@H](OC)[C@@H](C)C(=O)CC(C(=O)O)[C@@H](O)c1ccccc1)CN(C)C(=O)[C@@H](CC(=O)[C@H](C(C)C)N(C)C(C)C)C(C)C. The summed E-state index contributed by atoms with van der Waals surface area (Å²) in [6.07, 6.45) is -1.65. The molecule has 0 radical (unpaired) electrons. The maximum absolute atomic E-state index is 13.8. The Morgan fingerprint density at radius 3 is 1.94 bits per heavy atom. The van der Waals surface area contributed by atoms with Crippen molar-refractivity contribution >= 4 is 29.4 Å². The highest BCUT2D eigenvalue weighted by Crippen LogP contribution is 2.31. The van der Waals surface area contributed by atoms with Crippen LogP contribution < -0.4 is 0 Å². The second-order valence-electron chi connectivity index (χ2n) is 15.5. The summed E-state index contributed by atoms with van der Waals surface area (Å²) >= 11 is 0. The number of aliphatic hydroxyl groups is 1. The molecule has 1 heterocycles. The number of likely N-dealkylation sites (N-methyl/N-ethyl adjacent to an activating group) is 2. The molecule has 2 rings (SSSR count). The third-order valence-electron chi connectivity index (χ3n) is 10.9. The Morgan fingerprint density at radius 1 is 0.846 bits per heavy atom. The number of nitrogens with zero attached hydrogens (tertiary/aromatic N) is 3. The van der Waals surface area contributed by atoms with Gasteiger partial charge in [-0.3, -0.25) is 28.9 Å². The number of carbonyl (C=O) groups excluding carboxylic acids is 4. The number of benzene rings is 1. The minimum absolute atomic E-state index is 0.00633. The molecule has 0 bridgehead atoms. The summed E-state index contributed by atoms with van der Waals surface area (Å²) in [4.78, 5) is 72.1. The Bertz CT molecular complexity index is 1320. The number of ketones is 2. The molecular weight excluding hydrogens is 666 g/mol. The number of Topliss-reactive ketones (excluding diaryl/α,β-unsaturated/α-hetero) is 2. The van der Waals surface area contributed by atoms with Gasteiger partial charge >= 0.3 is 5.97 Å². The molecule has 2 N–H and O–H groups in total. The zero-order valence-corrected chi connectivity index (χ0v) is 33.3. The number of likely N-dealkylation sites (tertiary alicyclic amines) is 1. The number of aliphatic carboxylic acids is 1. The van der Waals surface area contributed by atoms with Crippen molar-refractivity contribution < 1.29 is 43.7 Å². The molecular formula is C40H65N3O9. The van der Waals surface area contributed by atoms with Crippen LogP contribution in [-0.2, 0) is 33.4 Å². The van der Waals surface area contributed by atoms with Gasteiger partial charge in [0.05, 0.1) is 42.7 Å². The molecule has 1 saturated heterocycles. The van der Waals surface area contributed by atoms with Crippen molar-refractivity contribution in [2.75, 3.05) is 41.4 Å². The van der Waals surface area contributed by atoms with Gasteiger partial charge in [-0.25, -0.2) is 0 Å². The minimum atomic E-state index is -1.36. The molecule has 1 aliphatic heterocycles. The molecule has 294 valence electrons. The fraction of sp³-hybridized carbons (Fsp3) is 0.725. The van der Waals surface area contributed by atoms with E-state index in [1.165, 1.54) is 14.2 Å². The van der Waals surface area contributed by atoms with E-state index in [0.717, 1.165) is 0 Å². The molecule has 12 nitrogen and oxygen atoms in total. The highest BCUT2D eigenvalue weighted by molar-refractivity contribution is 5.90. The lowest BCUT2D eigenvalue weighted by Crippen LogP contribution is -2.50. The highest BCUT2D eigenvalue weighted by Gasteiger charge is 2.42. The van der Waals surface area contributed by atoms with Crippen molar-refractivity contribution in [2.24, 2.45) is 29.6 Å². The summed E-state index contributed by atoms with van der Waals surface area (Å²) in [6, 6.07) is 7.83. The topological polar surface area (TPSA) is 154 Å². The molecule has 1 fully saturated rings. The molecule has 1 aromatic carbocycles. The van der Waals surface area contributed by atoms with Gasteiger partial charge < -0.3 is 29.5 Å². The molecule has 52 heavy (non-hydrogen) atoms. The van der Waals surface area contributed by atoms with Crippen molar-refractivity contribution in [2.45, 2.75) is 117 Å². The average molecular weight is 732 g/mol. The van der Waals surface area contributed by atoms with Gasteiger partial charge in [-0.05, 0) is 51.1 Å². The van der Waals surface area contributed by atoms with Gasteiger partial charge in [0.1, 0.15) is 5.78 Å². The van der Waals surface area contributed by atoms with Crippen LogP contribution in [0.1, 0.15) is 92.2 Å². The largest absolute Gasteiger partial charge is 0.481 e. The molecule has 1 aliphatic rings. The number of carboxylic acid groups (broad SMARTS) is 1. The number of hydrogen-bond acceptors (Lipinski definition) is 9. The third kappa shape index (κ3) is 11.9. The number of methoxy groups -OCH3 is 2. The van der Waals surface area contributed by atoms with Crippen molar-refractivity contribution in [3.05, 3.63) is 35.9 Å². The van der Waals surface area contributed by atoms with Crippen LogP contribution in [0.3, 0.4) is 0 Å². The van der Waals surface area contributed by atoms with Crippen LogP contribution in [-0.4, -0.2) is 126 Å². The number of rotatable bonds is 22. The zero-order valence-electron chi connectivity index (χ0n) is 33.3. The van der Waals surface area contributed by atoms with E-state index in [1.54, 1.807) is 54.1 Å². The second kappa shape index (κ2) is 20.9. The maximum Gasteiger partial charge on any atom is 0.309 e. The number of hydrogen-bond donors (Lipinski definition) is 2. The number of ether oxygens (including phenoxy) is 2. The van der Waals surface area contributed by atoms with E-state index in [4.69, 9.17) is 9.47 Å². The number of carboxylic acids is 1. The molecule has 0 aliphatic carbocycles. The number of aliphatic hydroxyl groups excluding tert-OH is 1. The summed E-state index contributed by atoms with van der Waals surface area (Å²) in [5.74, 6) is -4.59. The summed E-state index contributed by atoms with van der Waals surface area (Å²) in [7, 11) is 6.58. The number of amides is 2. The predicted octanol–water partition coefficient (Wildman–Crippen LogP) is 4.48. The smallest absolute Gasteiger partial charge is 0.309 e. The summed E-state index contributed by atoms with van der Waals surface area (Å²) < 4.78 is 11.5. The molecule has 0 aromatic heterocycles. The van der Waals surface area contributed by atoms with Crippen LogP contribution in [0.5, 0.6) is 0 Å². The van der Waals surface area contributed by atoms with Gasteiger partial charge in [0.25, 0.3) is 0 Å². The quantitative estimate of drug-likeness (QED) is 0.175. The van der Waals surface area contributed by atoms with Crippen LogP contribution in [0.25, 0.3) is 0 Å². The number of carbonyl (C=O) groups is 5. The first-order valence-electron chi connectivity index (χ1n) is 18.7. The molecule has 2 amide bonds. The highest BCUT2D eigenvalue weighted by atomic mass is 16.5. The van der Waals surface area contributed by atoms with Crippen molar-refractivity contribution in [1.82, 2.24) is 14.7 Å². The van der Waals surface area contributed by atoms with Gasteiger partial charge in [-0.15, -0.1) is 0 Å². The first-order valence-corrected chi connectivity index (χ1v) is 18.7. The van der Waals surface area contributed by atoms with Crippen LogP contribution in [0.4, 0.5) is 0 Å². The van der Waals surface area contributed by atoms with Gasteiger partial charge in [0, 0.05) is 65.1 Å². The van der Waals surface area contributed by atoms with Crippen molar-refractivity contribution in [1.29, 1.82) is 0 Å². The second-order valence-corrected chi connectivity index (χ2v) is 15.5. The zero-order chi connectivity index (χ0) is 39.4. The maximum atomic E-state index is 13.8. The lowest BCUT2D eigenvalue weighted by molar-refractivity contribution is -0.150. The monoisotopic (exact) mass is 731 g/mol. The Kier molecular flexibility index (Phi) is 18.1. The predicted molar refractivity (Wildman–Crippen MR) is 199 cm³/mol. The fourth-order valence-electron chi connectivity index (χ4n) is 7.49. The molecule has 1 unspecified atom stereocenters. The Labute approximate surface area is 311 Å². The van der Waals surface area contributed by atoms with Gasteiger partial charge in [0.2, 0.25) is 11.8 Å². The fourth-order valence-corrected chi connectivity index (χ4v) is 7.49. The van der Waals surface area contributed by atoms with Gasteiger partial charge in [-0.2, -0.15) is 0 Å². The van der Waals surface area contributed by atoms with Crippen LogP contribution >= 0.6 is 0 Å². The van der Waals surface area contributed by atoms with E-state index < -0.39 is 54.5 Å². The first kappa shape index (κ1) is 45.0. The van der Waals surface area contributed by atoms with E-state index in [2.05, 4.69) is 4.90 Å². The Morgan fingerprint density at radius 2 is 1.44 bits per heavy atom. The van der Waals surface area contributed by atoms with Crippen molar-refractivity contribution in [3.8, 4) is 0 Å². The van der Waals surface area contributed by atoms with E-state index in [-0.39, 0.29) is 66.7 Å². The Balaban J connectivity index is 2.13. The van der Waals surface area contributed by atoms with E-state index in [9.17, 15) is 34.2 Å². The standard InChI is InChI=1S/C40H65N3O9/c1-24(2)30(21-34(45)36(25(3)4)42(9)26(5)6)39(48)41(8)23-29(51-10)20-35(46)43-19-15-18-32(43)38(52-11)27(7)33(44)22-31(40(49)50)37(47)28-16-13-12-14-17-28/h12-14,16-17,24-27,29-32,36-38,47H,15,18-23H2,1-11H3,(H,49,50)/t27-,29+,30-,31?,32-,36-,37-,38+/m0/s1. The molecule has 0 saturated carbocycles. The van der Waals surface area contributed by atoms with Crippen molar-refractivity contribution in [3.63, 3.8) is 0 Å². The first-order chi connectivity index (χ1) is 24.4. The lowest BCUT2D eigenvalue weighted by atomic mass is 9.84. The van der Waals surface area contributed by atoms with E-state index in [1.807, 2.05) is 48.6 Å². The lowest BCUT2D eigenvalue weighted by Gasteiger charge is -2.36. The third-order valence-corrected chi connectivity index (χ3v) is 10.9. The molecule has 1 aromatic rings. The van der Waals surface area contributed by atoms with Crippen LogP contribution in [0, 0.1) is 29.6 Å². The molecule has 0 spiro atoms. The van der Waals surface area contributed by atoms with E-state index >= 15 is 0 Å². The average Bonchev–Trinajstić information content (AvgIpc) is 3.58. The van der Waals surface area contributed by atoms with E-state index in [0.29, 0.717) is 24.9 Å². The minimum Gasteiger partial charge on any atom is -0.481 e. The van der Waals surface area contributed by atoms with Crippen LogP contribution in [0.2, 0.25) is 0 Å². The molecule has 12 heteroatoms. The van der Waals surface area contributed by atoms with Gasteiger partial charge in [-0.1, -0.05) is 65.0 Å². The Hall–Kier alpha value is -3.19. The molecule has 8 atom stereocenters. The normalized spacial score (nSPS) is 19.0. The van der Waals surface area contributed by atoms with Crippen LogP contribution in [0.15, 0.2) is 30.3 Å².